The average Bonchev–Trinajstić information content (AvgIpc) is 3.10. The van der Waals surface area contributed by atoms with Crippen molar-refractivity contribution >= 4 is 5.69 Å². The normalized spacial score (nSPS) is 10.6. The van der Waals surface area contributed by atoms with E-state index in [0.717, 1.165) is 29.6 Å². The van der Waals surface area contributed by atoms with Crippen LogP contribution in [0.1, 0.15) is 267 Å². The number of nitrogens with one attached hydrogen (secondary N) is 2. The van der Waals surface area contributed by atoms with E-state index in [-0.39, 0.29) is 0 Å². The van der Waals surface area contributed by atoms with Crippen LogP contribution in [0.15, 0.2) is 122 Å². The maximum absolute atomic E-state index is 5.60. The molecule has 0 saturated carbocycles. The molecule has 0 aliphatic rings. The molecular weight excluding hydrogens is 1120 g/mol. The summed E-state index contributed by atoms with van der Waals surface area (Å²) in [4.78, 5) is 11.0. The number of aryl methyl sites for hydroxylation is 7. The number of aromatic amines is 2. The lowest BCUT2D eigenvalue weighted by Crippen LogP contribution is -2.04. The standard InChI is InChI=1S/2C8H14N2.C7H13N3.3C7H12N2.C7H11NO.C7H11N.2C6H10N2/c1-6(2)10-8(4)7(3)5-9-10;1-4-10-6-8(5-9-10)7(2)3;1-5(2)10-4-7(8)6(3)9-10;1-6(2)7-4-8-9(3)5-7;1-6(2)9-5-7(3)4-8-9;1-5(2)7-4-8-9-6(7)3;1-5(2)7-8-4-6(3)9-7;1-6(2)7-3-4-8-5-7;1-6(2)8-4-3-7-5-8;1-6(2)8-5-3-4-7-8/h5-6H,1-4H3;5-7H,4H2,1-3H3;4-5H,8H2,1-3H3;2*4-6H,1-3H3;4-5H,1-3H3,(H,8,9);4-5H,1-3H3;3-6,8H,1-2H3;2*3-6H,1-2H3. The van der Waals surface area contributed by atoms with Gasteiger partial charge in [-0.05, 0) is 187 Å². The van der Waals surface area contributed by atoms with Crippen LogP contribution in [-0.2, 0) is 13.6 Å². The van der Waals surface area contributed by atoms with Gasteiger partial charge in [0.1, 0.15) is 5.76 Å². The minimum Gasteiger partial charge on any atom is -0.446 e. The summed E-state index contributed by atoms with van der Waals surface area (Å²) in [5, 5.41) is 31.6. The summed E-state index contributed by atoms with van der Waals surface area (Å²) in [6, 6.07) is 6.43. The predicted octanol–water partition coefficient (Wildman–Crippen LogP) is 17.8. The lowest BCUT2D eigenvalue weighted by Gasteiger charge is -2.07. The van der Waals surface area contributed by atoms with Crippen LogP contribution in [0, 0.1) is 41.5 Å². The lowest BCUT2D eigenvalue weighted by atomic mass is 10.1. The van der Waals surface area contributed by atoms with Crippen LogP contribution in [0.5, 0.6) is 0 Å². The molecule has 0 aliphatic heterocycles. The van der Waals surface area contributed by atoms with Crippen molar-refractivity contribution in [3.05, 3.63) is 180 Å². The summed E-state index contributed by atoms with van der Waals surface area (Å²) >= 11 is 0. The number of anilines is 1. The number of nitrogens with zero attached hydrogens (tertiary/aromatic N) is 16. The van der Waals surface area contributed by atoms with E-state index in [1.807, 2.05) is 150 Å². The van der Waals surface area contributed by atoms with Crippen molar-refractivity contribution in [2.75, 3.05) is 5.73 Å². The Labute approximate surface area is 541 Å². The molecule has 500 valence electrons. The number of oxazole rings is 1. The Balaban J connectivity index is 0.000000500. The molecule has 4 N–H and O–H groups in total. The Hall–Kier alpha value is -8.03. The van der Waals surface area contributed by atoms with Crippen molar-refractivity contribution < 1.29 is 4.42 Å². The van der Waals surface area contributed by atoms with E-state index in [1.165, 1.54) is 44.8 Å². The monoisotopic (exact) mass is 1240 g/mol. The molecule has 10 aromatic heterocycles. The topological polar surface area (TPSA) is 221 Å². The highest BCUT2D eigenvalue weighted by molar-refractivity contribution is 5.39. The fourth-order valence-corrected chi connectivity index (χ4v) is 7.53. The first-order valence-corrected chi connectivity index (χ1v) is 32.0. The van der Waals surface area contributed by atoms with E-state index < -0.39 is 0 Å². The van der Waals surface area contributed by atoms with Gasteiger partial charge < -0.3 is 19.7 Å². The Morgan fingerprint density at radius 3 is 1.40 bits per heavy atom. The maximum Gasteiger partial charge on any atom is 0.196 e. The molecule has 0 unspecified atom stereocenters. The Morgan fingerprint density at radius 2 is 1.17 bits per heavy atom. The van der Waals surface area contributed by atoms with Crippen LogP contribution in [0.2, 0.25) is 0 Å². The van der Waals surface area contributed by atoms with Crippen molar-refractivity contribution in [1.29, 1.82) is 0 Å². The summed E-state index contributed by atoms with van der Waals surface area (Å²) in [6.07, 6.45) is 32.6. The molecule has 0 saturated heterocycles. The molecular formula is C70H119N19O. The van der Waals surface area contributed by atoms with Crippen molar-refractivity contribution in [3.63, 3.8) is 0 Å². The Bertz CT molecular complexity index is 3070. The van der Waals surface area contributed by atoms with E-state index in [9.17, 15) is 0 Å². The molecule has 0 spiro atoms. The SMILES string of the molecule is CC(C)c1cc[nH]c1.CC(C)c1cnn(C)c1.CC(C)n1cccn1.CC(C)n1ccnc1.CCn1cc(C(C)C)cn1.Cc1[nH]ncc1C(C)C.Cc1cnc(C(C)C)o1.Cc1cnn(C(C)C)c1.Cc1cnn(C(C)C)c1C.Cc1nn(C(C)C)cc1N. The van der Waals surface area contributed by atoms with Crippen molar-refractivity contribution in [1.82, 2.24) is 88.4 Å². The fourth-order valence-electron chi connectivity index (χ4n) is 7.53. The summed E-state index contributed by atoms with van der Waals surface area (Å²) in [5.74, 6) is 4.55. The van der Waals surface area contributed by atoms with Gasteiger partial charge in [0.15, 0.2) is 5.89 Å². The number of aromatic nitrogens is 18. The Morgan fingerprint density at radius 1 is 0.556 bits per heavy atom. The third-order valence-electron chi connectivity index (χ3n) is 13.6. The van der Waals surface area contributed by atoms with Crippen molar-refractivity contribution in [2.45, 2.75) is 253 Å². The molecule has 20 heteroatoms. The molecule has 90 heavy (non-hydrogen) atoms. The second kappa shape index (κ2) is 42.1. The number of hydrogen-bond donors (Lipinski definition) is 3. The highest BCUT2D eigenvalue weighted by atomic mass is 16.4. The van der Waals surface area contributed by atoms with Gasteiger partial charge in [0.25, 0.3) is 0 Å². The van der Waals surface area contributed by atoms with Gasteiger partial charge in [-0.3, -0.25) is 33.2 Å². The first-order valence-electron chi connectivity index (χ1n) is 32.0. The first-order chi connectivity index (χ1) is 42.2. The van der Waals surface area contributed by atoms with Crippen LogP contribution in [0.4, 0.5) is 5.69 Å². The highest BCUT2D eigenvalue weighted by Crippen LogP contribution is 2.17. The Kier molecular flexibility index (Phi) is 37.4. The molecule has 0 aromatic carbocycles. The highest BCUT2D eigenvalue weighted by Gasteiger charge is 2.07. The predicted molar refractivity (Wildman–Crippen MR) is 373 cm³/mol. The number of nitrogens with two attached hydrogens (primary N) is 1. The second-order valence-electron chi connectivity index (χ2n) is 25.2. The summed E-state index contributed by atoms with van der Waals surface area (Å²) in [7, 11) is 1.94. The molecule has 0 bridgehead atoms. The van der Waals surface area contributed by atoms with E-state index in [2.05, 4.69) is 232 Å². The quantitative estimate of drug-likeness (QED) is 0.110. The third kappa shape index (κ3) is 31.4. The van der Waals surface area contributed by atoms with E-state index in [4.69, 9.17) is 10.2 Å². The molecule has 0 fully saturated rings. The van der Waals surface area contributed by atoms with Crippen LogP contribution in [0.25, 0.3) is 0 Å². The van der Waals surface area contributed by atoms with E-state index in [1.54, 1.807) is 18.6 Å². The zero-order valence-electron chi connectivity index (χ0n) is 60.6. The van der Waals surface area contributed by atoms with Crippen molar-refractivity contribution in [2.24, 2.45) is 7.05 Å². The number of rotatable bonds is 11. The smallest absolute Gasteiger partial charge is 0.196 e. The minimum absolute atomic E-state index is 0.399. The van der Waals surface area contributed by atoms with E-state index in [0.29, 0.717) is 59.8 Å². The van der Waals surface area contributed by atoms with Crippen molar-refractivity contribution in [3.8, 4) is 0 Å². The van der Waals surface area contributed by atoms with E-state index >= 15 is 0 Å². The maximum atomic E-state index is 5.60. The van der Waals surface area contributed by atoms with Crippen LogP contribution < -0.4 is 5.73 Å². The largest absolute Gasteiger partial charge is 0.446 e. The average molecular weight is 1240 g/mol. The zero-order valence-corrected chi connectivity index (χ0v) is 60.6. The molecule has 0 atom stereocenters. The summed E-state index contributed by atoms with van der Waals surface area (Å²) < 4.78 is 18.8. The van der Waals surface area contributed by atoms with Crippen LogP contribution in [0.3, 0.4) is 0 Å². The molecule has 0 amide bonds. The number of H-pyrrole nitrogens is 2. The molecule has 10 aromatic rings. The fraction of sp³-hybridized carbons (Fsp3) is 0.557. The van der Waals surface area contributed by atoms with Gasteiger partial charge in [0, 0.05) is 123 Å². The van der Waals surface area contributed by atoms with Crippen LogP contribution in [-0.4, -0.2) is 88.4 Å². The van der Waals surface area contributed by atoms with Crippen LogP contribution >= 0.6 is 0 Å². The first kappa shape index (κ1) is 80.0. The number of imidazole rings is 1. The lowest BCUT2D eigenvalue weighted by molar-refractivity contribution is 0.450. The molecule has 0 aliphatic carbocycles. The zero-order chi connectivity index (χ0) is 68.4. The minimum atomic E-state index is 0.399. The second-order valence-corrected chi connectivity index (χ2v) is 25.2. The van der Waals surface area contributed by atoms with Gasteiger partial charge in [-0.25, -0.2) is 9.97 Å². The summed E-state index contributed by atoms with van der Waals surface area (Å²) in [6.45, 7) is 57.8. The number of hydrogen-bond acceptors (Lipinski definition) is 11. The summed E-state index contributed by atoms with van der Waals surface area (Å²) in [5.41, 5.74) is 17.6. The van der Waals surface area contributed by atoms with Gasteiger partial charge >= 0.3 is 0 Å². The van der Waals surface area contributed by atoms with Gasteiger partial charge in [0.2, 0.25) is 0 Å². The van der Waals surface area contributed by atoms with Gasteiger partial charge in [-0.2, -0.15) is 35.7 Å². The molecule has 10 heterocycles. The molecule has 0 radical (unpaired) electrons. The van der Waals surface area contributed by atoms with Gasteiger partial charge in [-0.15, -0.1) is 0 Å². The third-order valence-corrected chi connectivity index (χ3v) is 13.6. The number of nitrogen functional groups attached to an aromatic ring is 1. The molecule has 10 rings (SSSR count). The van der Waals surface area contributed by atoms with Gasteiger partial charge in [-0.1, -0.05) is 69.2 Å². The molecule has 20 nitrogen and oxygen atoms in total. The van der Waals surface area contributed by atoms with Gasteiger partial charge in [0.05, 0.1) is 54.9 Å².